The Hall–Kier alpha value is -2.05. The van der Waals surface area contributed by atoms with Gasteiger partial charge in [0, 0.05) is 23.4 Å². The monoisotopic (exact) mass is 426 g/mol. The highest BCUT2D eigenvalue weighted by Gasteiger charge is 2.47. The molecule has 30 heavy (non-hydrogen) atoms. The Bertz CT molecular complexity index is 937. The molecule has 166 valence electrons. The lowest BCUT2D eigenvalue weighted by Crippen LogP contribution is -2.61. The van der Waals surface area contributed by atoms with Gasteiger partial charge in [-0.2, -0.15) is 0 Å². The van der Waals surface area contributed by atoms with Crippen molar-refractivity contribution in [2.75, 3.05) is 6.61 Å². The van der Waals surface area contributed by atoms with Gasteiger partial charge in [0.25, 0.3) is 0 Å². The molecule has 1 aromatic heterocycles. The number of fused-ring (bicyclic) bond motifs is 1. The predicted octanol–water partition coefficient (Wildman–Crippen LogP) is -1.00. The molecule has 6 atom stereocenters. The molecule has 0 aliphatic carbocycles. The molecule has 0 bridgehead atoms. The minimum absolute atomic E-state index is 0.130. The molecule has 1 aromatic carbocycles. The number of aliphatic hydroxyl groups is 5. The van der Waals surface area contributed by atoms with Gasteiger partial charge in [0.15, 0.2) is 6.29 Å². The Kier molecular flexibility index (Phi) is 6.48. The van der Waals surface area contributed by atoms with Crippen LogP contribution < -0.4 is 5.63 Å². The molecular formula is C20H26O10. The maximum atomic E-state index is 11.6. The Morgan fingerprint density at radius 1 is 1.10 bits per heavy atom. The van der Waals surface area contributed by atoms with E-state index < -0.39 is 54.6 Å². The lowest BCUT2D eigenvalue weighted by atomic mass is 9.92. The van der Waals surface area contributed by atoms with Crippen molar-refractivity contribution in [3.05, 3.63) is 40.2 Å². The fourth-order valence-electron chi connectivity index (χ4n) is 3.36. The third kappa shape index (κ3) is 4.35. The van der Waals surface area contributed by atoms with E-state index >= 15 is 0 Å². The van der Waals surface area contributed by atoms with Crippen LogP contribution in [0.1, 0.15) is 19.4 Å². The molecule has 0 unspecified atom stereocenters. The van der Waals surface area contributed by atoms with Gasteiger partial charge < -0.3 is 44.5 Å². The number of hydrogen-bond acceptors (Lipinski definition) is 10. The normalized spacial score (nSPS) is 28.6. The largest absolute Gasteiger partial charge is 0.508 e. The number of phenols is 1. The Morgan fingerprint density at radius 2 is 1.77 bits per heavy atom. The Morgan fingerprint density at radius 3 is 2.43 bits per heavy atom. The van der Waals surface area contributed by atoms with Crippen LogP contribution in [0, 0.1) is 0 Å². The van der Waals surface area contributed by atoms with E-state index in [4.69, 9.17) is 13.9 Å². The van der Waals surface area contributed by atoms with Crippen molar-refractivity contribution in [2.45, 2.75) is 62.7 Å². The van der Waals surface area contributed by atoms with Gasteiger partial charge in [0.05, 0.1) is 18.3 Å². The van der Waals surface area contributed by atoms with Gasteiger partial charge >= 0.3 is 5.63 Å². The molecule has 2 aromatic rings. The summed E-state index contributed by atoms with van der Waals surface area (Å²) in [5.74, 6) is -0.181. The van der Waals surface area contributed by atoms with Gasteiger partial charge in [-0.25, -0.2) is 4.79 Å². The van der Waals surface area contributed by atoms with E-state index in [2.05, 4.69) is 0 Å². The fraction of sp³-hybridized carbons (Fsp3) is 0.550. The predicted molar refractivity (Wildman–Crippen MR) is 103 cm³/mol. The topological polar surface area (TPSA) is 170 Å². The molecule has 1 saturated heterocycles. The summed E-state index contributed by atoms with van der Waals surface area (Å²) in [5.41, 5.74) is -1.66. The molecule has 1 aliphatic rings. The molecule has 10 nitrogen and oxygen atoms in total. The smallest absolute Gasteiger partial charge is 0.336 e. The lowest BCUT2D eigenvalue weighted by Gasteiger charge is -2.43. The average molecular weight is 426 g/mol. The summed E-state index contributed by atoms with van der Waals surface area (Å²) >= 11 is 0. The standard InChI is InChI=1S/C20H26O10/c1-20(2,30-19-17(27)16(26)15(25)12(8-21)28-19)13(23)7-10-11(22)5-3-9-4-6-14(24)29-18(9)10/h3-6,12-13,15-17,19,21-23,25-27H,7-8H2,1-2H3/t12-,13-,15-,16+,17-,19+/m1/s1. The summed E-state index contributed by atoms with van der Waals surface area (Å²) in [6.07, 6.45) is -8.81. The molecule has 10 heteroatoms. The first-order chi connectivity index (χ1) is 14.0. The zero-order valence-electron chi connectivity index (χ0n) is 16.5. The highest BCUT2D eigenvalue weighted by molar-refractivity contribution is 5.82. The van der Waals surface area contributed by atoms with E-state index in [0.717, 1.165) is 0 Å². The number of phenolic OH excluding ortho intramolecular Hbond substituents is 1. The van der Waals surface area contributed by atoms with Crippen molar-refractivity contribution >= 4 is 11.0 Å². The molecule has 0 saturated carbocycles. The second-order valence-electron chi connectivity index (χ2n) is 7.87. The second-order valence-corrected chi connectivity index (χ2v) is 7.87. The number of ether oxygens (including phenoxy) is 2. The van der Waals surface area contributed by atoms with Crippen LogP contribution in [-0.2, 0) is 15.9 Å². The van der Waals surface area contributed by atoms with E-state index in [-0.39, 0.29) is 23.3 Å². The number of hydrogen-bond donors (Lipinski definition) is 6. The van der Waals surface area contributed by atoms with Crippen LogP contribution in [0.5, 0.6) is 5.75 Å². The van der Waals surface area contributed by atoms with Crippen molar-refractivity contribution in [3.8, 4) is 5.75 Å². The van der Waals surface area contributed by atoms with Crippen LogP contribution >= 0.6 is 0 Å². The van der Waals surface area contributed by atoms with Crippen molar-refractivity contribution in [1.29, 1.82) is 0 Å². The summed E-state index contributed by atoms with van der Waals surface area (Å²) in [6, 6.07) is 5.76. The first-order valence-corrected chi connectivity index (χ1v) is 9.46. The minimum Gasteiger partial charge on any atom is -0.508 e. The van der Waals surface area contributed by atoms with Crippen LogP contribution in [-0.4, -0.2) is 79.7 Å². The second kappa shape index (κ2) is 8.60. The van der Waals surface area contributed by atoms with Crippen LogP contribution in [0.2, 0.25) is 0 Å². The number of rotatable bonds is 6. The number of benzene rings is 1. The number of aromatic hydroxyl groups is 1. The van der Waals surface area contributed by atoms with Gasteiger partial charge in [-0.15, -0.1) is 0 Å². The molecule has 1 aliphatic heterocycles. The van der Waals surface area contributed by atoms with Crippen LogP contribution in [0.25, 0.3) is 11.0 Å². The van der Waals surface area contributed by atoms with Crippen molar-refractivity contribution < 1.29 is 44.5 Å². The third-order valence-corrected chi connectivity index (χ3v) is 5.34. The van der Waals surface area contributed by atoms with Gasteiger partial charge in [0.1, 0.15) is 35.7 Å². The van der Waals surface area contributed by atoms with Crippen molar-refractivity contribution in [2.24, 2.45) is 0 Å². The Balaban J connectivity index is 1.82. The highest BCUT2D eigenvalue weighted by Crippen LogP contribution is 2.32. The molecule has 2 heterocycles. The molecule has 0 radical (unpaired) electrons. The molecule has 3 rings (SSSR count). The van der Waals surface area contributed by atoms with Gasteiger partial charge in [-0.3, -0.25) is 0 Å². The number of aliphatic hydroxyl groups excluding tert-OH is 5. The van der Waals surface area contributed by atoms with E-state index in [0.29, 0.717) is 5.39 Å². The van der Waals surface area contributed by atoms with E-state index in [9.17, 15) is 35.4 Å². The van der Waals surface area contributed by atoms with Crippen molar-refractivity contribution in [1.82, 2.24) is 0 Å². The zero-order chi connectivity index (χ0) is 22.2. The summed E-state index contributed by atoms with van der Waals surface area (Å²) < 4.78 is 16.2. The first-order valence-electron chi connectivity index (χ1n) is 9.46. The summed E-state index contributed by atoms with van der Waals surface area (Å²) in [6.45, 7) is 2.38. The summed E-state index contributed by atoms with van der Waals surface area (Å²) in [5, 5.41) is 60.8. The lowest BCUT2D eigenvalue weighted by molar-refractivity contribution is -0.331. The van der Waals surface area contributed by atoms with Crippen LogP contribution in [0.4, 0.5) is 0 Å². The summed E-state index contributed by atoms with van der Waals surface area (Å²) in [4.78, 5) is 11.6. The maximum absolute atomic E-state index is 11.6. The maximum Gasteiger partial charge on any atom is 0.336 e. The highest BCUT2D eigenvalue weighted by atomic mass is 16.7. The molecule has 1 fully saturated rings. The quantitative estimate of drug-likeness (QED) is 0.315. The molecular weight excluding hydrogens is 400 g/mol. The first kappa shape index (κ1) is 22.6. The Labute approximate surface area is 171 Å². The van der Waals surface area contributed by atoms with Crippen LogP contribution in [0.3, 0.4) is 0 Å². The minimum atomic E-state index is -1.63. The van der Waals surface area contributed by atoms with E-state index in [1.807, 2.05) is 0 Å². The zero-order valence-corrected chi connectivity index (χ0v) is 16.5. The summed E-state index contributed by atoms with van der Waals surface area (Å²) in [7, 11) is 0. The molecule has 0 spiro atoms. The SMILES string of the molecule is CC(C)(O[C@@H]1O[C@H](CO)[C@@H](O)[C@H](O)[C@H]1O)[C@H](O)Cc1c(O)ccc2ccc(=O)oc12. The third-order valence-electron chi connectivity index (χ3n) is 5.34. The molecule has 6 N–H and O–H groups in total. The van der Waals surface area contributed by atoms with E-state index in [1.54, 1.807) is 6.07 Å². The average Bonchev–Trinajstić information content (AvgIpc) is 2.70. The fourth-order valence-corrected chi connectivity index (χ4v) is 3.36. The van der Waals surface area contributed by atoms with Crippen LogP contribution in [0.15, 0.2) is 33.5 Å². The van der Waals surface area contributed by atoms with Gasteiger partial charge in [0.2, 0.25) is 0 Å². The van der Waals surface area contributed by atoms with Gasteiger partial charge in [-0.05, 0) is 32.0 Å². The van der Waals surface area contributed by atoms with E-state index in [1.165, 1.54) is 32.0 Å². The van der Waals surface area contributed by atoms with Gasteiger partial charge in [-0.1, -0.05) is 0 Å². The van der Waals surface area contributed by atoms with Crippen molar-refractivity contribution in [3.63, 3.8) is 0 Å². The molecule has 0 amide bonds.